The summed E-state index contributed by atoms with van der Waals surface area (Å²) in [4.78, 5) is 13.5. The third-order valence-corrected chi connectivity index (χ3v) is 8.19. The van der Waals surface area contributed by atoms with Crippen LogP contribution >= 0.6 is 11.6 Å². The fraction of sp³-hybridized carbons (Fsp3) is 0.0811. The highest BCUT2D eigenvalue weighted by Gasteiger charge is 2.41. The Labute approximate surface area is 273 Å². The molecule has 0 aliphatic rings. The monoisotopic (exact) mass is 647 g/mol. The maximum absolute atomic E-state index is 13.1. The molecule has 0 unspecified atom stereocenters. The second kappa shape index (κ2) is 12.0. The minimum absolute atomic E-state index is 0.135. The van der Waals surface area contributed by atoms with Crippen molar-refractivity contribution >= 4 is 22.5 Å². The highest BCUT2D eigenvalue weighted by atomic mass is 35.5. The van der Waals surface area contributed by atoms with Gasteiger partial charge in [0.2, 0.25) is 5.88 Å². The quantitative estimate of drug-likeness (QED) is 0.127. The lowest BCUT2D eigenvalue weighted by Gasteiger charge is -2.37. The van der Waals surface area contributed by atoms with E-state index in [1.54, 1.807) is 19.2 Å². The van der Waals surface area contributed by atoms with Crippen molar-refractivity contribution in [3.05, 3.63) is 167 Å². The SMILES string of the molecule is Cc1nc(Oc2ccc(C(F)(F)F)cc2)cc(-c2nn(C(c3ccccc3)(c3ccccc3)c3ccccc3)c3ccnc(Cl)c23)n1. The van der Waals surface area contributed by atoms with E-state index in [4.69, 9.17) is 26.4 Å². The second-order valence-corrected chi connectivity index (χ2v) is 11.2. The number of pyridine rings is 1. The molecule has 47 heavy (non-hydrogen) atoms. The number of aryl methyl sites for hydroxylation is 1. The predicted octanol–water partition coefficient (Wildman–Crippen LogP) is 9.50. The topological polar surface area (TPSA) is 65.7 Å². The molecule has 232 valence electrons. The number of hydrogen-bond acceptors (Lipinski definition) is 5. The number of halogens is 4. The number of aromatic nitrogens is 5. The number of ether oxygens (including phenoxy) is 1. The highest BCUT2D eigenvalue weighted by Crippen LogP contribution is 2.45. The number of fused-ring (bicyclic) bond motifs is 1. The first kappa shape index (κ1) is 30.1. The Kier molecular flexibility index (Phi) is 7.69. The molecule has 0 saturated carbocycles. The average Bonchev–Trinajstić information content (AvgIpc) is 3.48. The molecule has 7 aromatic rings. The van der Waals surface area contributed by atoms with Gasteiger partial charge < -0.3 is 4.74 Å². The van der Waals surface area contributed by atoms with Crippen LogP contribution in [0.4, 0.5) is 13.2 Å². The minimum Gasteiger partial charge on any atom is -0.439 e. The van der Waals surface area contributed by atoms with E-state index in [0.29, 0.717) is 28.1 Å². The van der Waals surface area contributed by atoms with Crippen molar-refractivity contribution in [1.29, 1.82) is 0 Å². The Morgan fingerprint density at radius 3 is 1.77 bits per heavy atom. The van der Waals surface area contributed by atoms with E-state index in [1.807, 2.05) is 65.3 Å². The van der Waals surface area contributed by atoms with Gasteiger partial charge in [-0.3, -0.25) is 0 Å². The van der Waals surface area contributed by atoms with Crippen molar-refractivity contribution in [3.8, 4) is 23.0 Å². The molecule has 0 amide bonds. The second-order valence-electron chi connectivity index (χ2n) is 10.8. The van der Waals surface area contributed by atoms with Crippen molar-refractivity contribution < 1.29 is 17.9 Å². The summed E-state index contributed by atoms with van der Waals surface area (Å²) in [7, 11) is 0. The van der Waals surface area contributed by atoms with Crippen molar-refractivity contribution in [3.63, 3.8) is 0 Å². The molecule has 6 nitrogen and oxygen atoms in total. The Balaban J connectivity index is 1.47. The summed E-state index contributed by atoms with van der Waals surface area (Å²) in [5.41, 5.74) is 2.71. The molecule has 0 bridgehead atoms. The van der Waals surface area contributed by atoms with Crippen LogP contribution in [0.1, 0.15) is 28.1 Å². The van der Waals surface area contributed by atoms with Crippen LogP contribution in [-0.4, -0.2) is 24.7 Å². The first-order valence-electron chi connectivity index (χ1n) is 14.7. The summed E-state index contributed by atoms with van der Waals surface area (Å²) in [5, 5.41) is 6.07. The van der Waals surface area contributed by atoms with Crippen molar-refractivity contribution in [2.24, 2.45) is 0 Å². The van der Waals surface area contributed by atoms with E-state index >= 15 is 0 Å². The molecule has 0 atom stereocenters. The van der Waals surface area contributed by atoms with E-state index in [2.05, 4.69) is 46.4 Å². The van der Waals surface area contributed by atoms with Crippen LogP contribution in [0.5, 0.6) is 11.6 Å². The van der Waals surface area contributed by atoms with Crippen LogP contribution in [0.3, 0.4) is 0 Å². The molecular weight excluding hydrogens is 623 g/mol. The van der Waals surface area contributed by atoms with Crippen LogP contribution in [0, 0.1) is 6.92 Å². The number of benzene rings is 4. The van der Waals surface area contributed by atoms with Gasteiger partial charge in [0.05, 0.1) is 22.2 Å². The van der Waals surface area contributed by atoms with E-state index < -0.39 is 17.3 Å². The van der Waals surface area contributed by atoms with Gasteiger partial charge in [-0.1, -0.05) is 103 Å². The molecule has 0 N–H and O–H groups in total. The third kappa shape index (κ3) is 5.48. The number of hydrogen-bond donors (Lipinski definition) is 0. The smallest absolute Gasteiger partial charge is 0.416 e. The van der Waals surface area contributed by atoms with Crippen LogP contribution in [0.15, 0.2) is 134 Å². The molecule has 10 heteroatoms. The highest BCUT2D eigenvalue weighted by molar-refractivity contribution is 6.35. The van der Waals surface area contributed by atoms with Gasteiger partial charge in [0, 0.05) is 12.3 Å². The molecule has 0 aliphatic heterocycles. The summed E-state index contributed by atoms with van der Waals surface area (Å²) in [6.45, 7) is 1.70. The summed E-state index contributed by atoms with van der Waals surface area (Å²) in [6.07, 6.45) is -2.82. The number of rotatable bonds is 7. The van der Waals surface area contributed by atoms with Crippen LogP contribution < -0.4 is 4.74 Å². The van der Waals surface area contributed by atoms with Crippen LogP contribution in [0.25, 0.3) is 22.3 Å². The average molecular weight is 648 g/mol. The van der Waals surface area contributed by atoms with E-state index in [0.717, 1.165) is 28.8 Å². The fourth-order valence-corrected chi connectivity index (χ4v) is 6.16. The van der Waals surface area contributed by atoms with Crippen molar-refractivity contribution in [2.45, 2.75) is 18.6 Å². The van der Waals surface area contributed by atoms with E-state index in [9.17, 15) is 13.2 Å². The molecule has 0 fully saturated rings. The standard InChI is InChI=1S/C37H25ClF3N5O/c1-24-43-30(23-32(44-24)47-29-19-17-28(18-20-29)37(39,40)41)34-33-31(21-22-42-35(33)38)46(45-34)36(25-11-5-2-6-12-25,26-13-7-3-8-14-26)27-15-9-4-10-16-27/h2-23H,1H3. The van der Waals surface area contributed by atoms with Crippen molar-refractivity contribution in [2.75, 3.05) is 0 Å². The summed E-state index contributed by atoms with van der Waals surface area (Å²) in [6, 6.07) is 38.2. The molecule has 7 rings (SSSR count). The van der Waals surface area contributed by atoms with Gasteiger partial charge in [-0.05, 0) is 53.9 Å². The summed E-state index contributed by atoms with van der Waals surface area (Å²) < 4.78 is 47.2. The maximum atomic E-state index is 13.1. The predicted molar refractivity (Wildman–Crippen MR) is 174 cm³/mol. The van der Waals surface area contributed by atoms with Gasteiger partial charge >= 0.3 is 6.18 Å². The van der Waals surface area contributed by atoms with Gasteiger partial charge in [-0.2, -0.15) is 23.3 Å². The molecule has 3 aromatic heterocycles. The molecule has 0 aliphatic carbocycles. The largest absolute Gasteiger partial charge is 0.439 e. The van der Waals surface area contributed by atoms with Crippen LogP contribution in [-0.2, 0) is 11.7 Å². The molecule has 0 radical (unpaired) electrons. The van der Waals surface area contributed by atoms with Gasteiger partial charge in [0.1, 0.15) is 28.0 Å². The molecular formula is C37H25ClF3N5O. The molecule has 4 aromatic carbocycles. The lowest BCUT2D eigenvalue weighted by atomic mass is 9.77. The van der Waals surface area contributed by atoms with Crippen LogP contribution in [0.2, 0.25) is 5.15 Å². The molecule has 0 spiro atoms. The van der Waals surface area contributed by atoms with Gasteiger partial charge in [0.25, 0.3) is 0 Å². The number of nitrogens with zero attached hydrogens (tertiary/aromatic N) is 5. The zero-order valence-electron chi connectivity index (χ0n) is 24.9. The Morgan fingerprint density at radius 2 is 1.23 bits per heavy atom. The number of alkyl halides is 3. The zero-order valence-corrected chi connectivity index (χ0v) is 25.6. The van der Waals surface area contributed by atoms with E-state index in [-0.39, 0.29) is 16.8 Å². The Hall–Kier alpha value is -5.54. The lowest BCUT2D eigenvalue weighted by molar-refractivity contribution is -0.137. The Morgan fingerprint density at radius 1 is 0.681 bits per heavy atom. The normalized spacial score (nSPS) is 11.9. The fourth-order valence-electron chi connectivity index (χ4n) is 5.91. The van der Waals surface area contributed by atoms with Gasteiger partial charge in [-0.25, -0.2) is 14.6 Å². The maximum Gasteiger partial charge on any atom is 0.416 e. The first-order chi connectivity index (χ1) is 22.7. The van der Waals surface area contributed by atoms with E-state index in [1.165, 1.54) is 12.1 Å². The molecule has 0 saturated heterocycles. The van der Waals surface area contributed by atoms with Gasteiger partial charge in [-0.15, -0.1) is 0 Å². The Bertz CT molecular complexity index is 2080. The minimum atomic E-state index is -4.46. The summed E-state index contributed by atoms with van der Waals surface area (Å²) in [5.74, 6) is 0.691. The lowest BCUT2D eigenvalue weighted by Crippen LogP contribution is -2.38. The van der Waals surface area contributed by atoms with Gasteiger partial charge in [0.15, 0.2) is 0 Å². The van der Waals surface area contributed by atoms with Crippen molar-refractivity contribution in [1.82, 2.24) is 24.7 Å². The first-order valence-corrected chi connectivity index (χ1v) is 15.0. The zero-order chi connectivity index (χ0) is 32.6. The third-order valence-electron chi connectivity index (χ3n) is 7.90. The molecule has 3 heterocycles. The summed E-state index contributed by atoms with van der Waals surface area (Å²) >= 11 is 6.84.